The fourth-order valence-electron chi connectivity index (χ4n) is 2.25. The normalized spacial score (nSPS) is 17.9. The summed E-state index contributed by atoms with van der Waals surface area (Å²) in [5, 5.41) is 23.9. The van der Waals surface area contributed by atoms with E-state index in [4.69, 9.17) is 9.84 Å². The highest BCUT2D eigenvalue weighted by Gasteiger charge is 2.32. The van der Waals surface area contributed by atoms with E-state index in [0.717, 1.165) is 11.8 Å². The highest BCUT2D eigenvalue weighted by atomic mass is 32.2. The molecule has 2 unspecified atom stereocenters. The lowest BCUT2D eigenvalue weighted by molar-refractivity contribution is -0.142. The van der Waals surface area contributed by atoms with Crippen LogP contribution in [0.4, 0.5) is 0 Å². The largest absolute Gasteiger partial charge is 0.462 e. The Kier molecular flexibility index (Phi) is 9.75. The third-order valence-corrected chi connectivity index (χ3v) is 4.99. The van der Waals surface area contributed by atoms with E-state index in [0.29, 0.717) is 25.1 Å². The number of esters is 1. The van der Waals surface area contributed by atoms with Crippen LogP contribution in [0.2, 0.25) is 0 Å². The molecule has 1 saturated heterocycles. The Bertz CT molecular complexity index is 553. The second-order valence-corrected chi connectivity index (χ2v) is 8.17. The van der Waals surface area contributed by atoms with Gasteiger partial charge in [-0.1, -0.05) is 25.6 Å². The Hall–Kier alpha value is -1.65. The third kappa shape index (κ3) is 8.72. The van der Waals surface area contributed by atoms with E-state index in [-0.39, 0.29) is 49.1 Å². The van der Waals surface area contributed by atoms with Gasteiger partial charge in [-0.25, -0.2) is 0 Å². The van der Waals surface area contributed by atoms with Crippen molar-refractivity contribution in [2.24, 2.45) is 5.41 Å². The van der Waals surface area contributed by atoms with Gasteiger partial charge in [0.15, 0.2) is 5.12 Å². The van der Waals surface area contributed by atoms with Crippen LogP contribution in [-0.2, 0) is 23.9 Å². The first-order valence-corrected chi connectivity index (χ1v) is 9.82. The molecular formula is C17H28N2O7S. The first-order valence-electron chi connectivity index (χ1n) is 8.84. The predicted molar refractivity (Wildman–Crippen MR) is 98.7 cm³/mol. The second kappa shape index (κ2) is 11.3. The van der Waals surface area contributed by atoms with Crippen LogP contribution >= 0.6 is 11.8 Å². The number of aliphatic hydroxyl groups excluding tert-OH is 2. The standard InChI is InChI=1S/C17H28N2O7S/c1-17(2,10-20)15(24)16(25)19-6-5-12(21)18-7-8-27-14(23)9-11-3-4-13(22)26-11/h11,15,20,24H,3-10H2,1-2H3,(H,18,21)(H,19,25). The summed E-state index contributed by atoms with van der Waals surface area (Å²) >= 11 is 1.07. The fourth-order valence-corrected chi connectivity index (χ4v) is 2.99. The van der Waals surface area contributed by atoms with Gasteiger partial charge in [-0.2, -0.15) is 0 Å². The molecule has 1 aliphatic rings. The van der Waals surface area contributed by atoms with Crippen molar-refractivity contribution in [3.63, 3.8) is 0 Å². The molecule has 27 heavy (non-hydrogen) atoms. The van der Waals surface area contributed by atoms with Gasteiger partial charge in [-0.15, -0.1) is 0 Å². The number of carbonyl (C=O) groups excluding carboxylic acids is 4. The van der Waals surface area contributed by atoms with E-state index in [1.807, 2.05) is 0 Å². The maximum Gasteiger partial charge on any atom is 0.306 e. The van der Waals surface area contributed by atoms with Crippen LogP contribution in [0, 0.1) is 5.41 Å². The van der Waals surface area contributed by atoms with Gasteiger partial charge >= 0.3 is 5.97 Å². The minimum Gasteiger partial charge on any atom is -0.462 e. The number of aliphatic hydroxyl groups is 2. The molecule has 0 bridgehead atoms. The Morgan fingerprint density at radius 2 is 2.00 bits per heavy atom. The zero-order chi connectivity index (χ0) is 20.4. The average Bonchev–Trinajstić information content (AvgIpc) is 3.02. The van der Waals surface area contributed by atoms with Crippen molar-refractivity contribution in [1.29, 1.82) is 0 Å². The van der Waals surface area contributed by atoms with E-state index >= 15 is 0 Å². The molecule has 0 radical (unpaired) electrons. The Morgan fingerprint density at radius 1 is 1.30 bits per heavy atom. The van der Waals surface area contributed by atoms with E-state index < -0.39 is 17.4 Å². The molecule has 0 aliphatic carbocycles. The molecule has 154 valence electrons. The number of rotatable bonds is 11. The Labute approximate surface area is 162 Å². The SMILES string of the molecule is CC(C)(CO)C(O)C(=O)NCCC(=O)NCCSC(=O)CC1CCC(=O)O1. The van der Waals surface area contributed by atoms with Crippen LogP contribution in [0.3, 0.4) is 0 Å². The summed E-state index contributed by atoms with van der Waals surface area (Å²) in [6.07, 6.45) is -0.562. The Morgan fingerprint density at radius 3 is 2.59 bits per heavy atom. The topological polar surface area (TPSA) is 142 Å². The minimum atomic E-state index is -1.37. The van der Waals surface area contributed by atoms with Crippen molar-refractivity contribution in [1.82, 2.24) is 10.6 Å². The zero-order valence-corrected chi connectivity index (χ0v) is 16.5. The van der Waals surface area contributed by atoms with Gasteiger partial charge in [-0.3, -0.25) is 19.2 Å². The molecule has 1 heterocycles. The van der Waals surface area contributed by atoms with Crippen LogP contribution in [0.25, 0.3) is 0 Å². The maximum absolute atomic E-state index is 11.8. The molecule has 10 heteroatoms. The maximum atomic E-state index is 11.8. The van der Waals surface area contributed by atoms with Gasteiger partial charge in [0.05, 0.1) is 13.0 Å². The molecule has 1 fully saturated rings. The molecule has 2 atom stereocenters. The van der Waals surface area contributed by atoms with E-state index in [1.54, 1.807) is 13.8 Å². The van der Waals surface area contributed by atoms with Gasteiger partial charge in [0.1, 0.15) is 12.2 Å². The van der Waals surface area contributed by atoms with Crippen LogP contribution < -0.4 is 10.6 Å². The van der Waals surface area contributed by atoms with Crippen molar-refractivity contribution in [2.75, 3.05) is 25.4 Å². The minimum absolute atomic E-state index is 0.0364. The van der Waals surface area contributed by atoms with Crippen molar-refractivity contribution in [2.45, 2.75) is 51.7 Å². The van der Waals surface area contributed by atoms with Gasteiger partial charge in [0, 0.05) is 37.1 Å². The van der Waals surface area contributed by atoms with E-state index in [1.165, 1.54) is 0 Å². The molecule has 9 nitrogen and oxygen atoms in total. The molecule has 0 aromatic rings. The predicted octanol–water partition coefficient (Wildman–Crippen LogP) is -0.656. The molecule has 0 aromatic carbocycles. The molecule has 1 aliphatic heterocycles. The lowest BCUT2D eigenvalue weighted by Crippen LogP contribution is -2.46. The number of hydrogen-bond donors (Lipinski definition) is 4. The first-order chi connectivity index (χ1) is 12.7. The quantitative estimate of drug-likeness (QED) is 0.263. The Balaban J connectivity index is 2.09. The van der Waals surface area contributed by atoms with Crippen LogP contribution in [-0.4, -0.2) is 70.8 Å². The van der Waals surface area contributed by atoms with Gasteiger partial charge < -0.3 is 25.6 Å². The van der Waals surface area contributed by atoms with Crippen molar-refractivity contribution in [3.05, 3.63) is 0 Å². The van der Waals surface area contributed by atoms with Crippen LogP contribution in [0.5, 0.6) is 0 Å². The van der Waals surface area contributed by atoms with Gasteiger partial charge in [0.2, 0.25) is 11.8 Å². The van der Waals surface area contributed by atoms with Crippen molar-refractivity contribution >= 4 is 34.7 Å². The monoisotopic (exact) mass is 404 g/mol. The van der Waals surface area contributed by atoms with Crippen molar-refractivity contribution < 1.29 is 34.1 Å². The summed E-state index contributed by atoms with van der Waals surface area (Å²) in [5.41, 5.74) is -0.965. The molecule has 1 rings (SSSR count). The molecule has 0 aromatic heterocycles. The summed E-state index contributed by atoms with van der Waals surface area (Å²) in [4.78, 5) is 46.1. The third-order valence-electron chi connectivity index (χ3n) is 4.10. The van der Waals surface area contributed by atoms with Gasteiger partial charge in [0.25, 0.3) is 0 Å². The number of amides is 2. The summed E-state index contributed by atoms with van der Waals surface area (Å²) in [7, 11) is 0. The number of nitrogens with one attached hydrogen (secondary N) is 2. The zero-order valence-electron chi connectivity index (χ0n) is 15.7. The number of thioether (sulfide) groups is 1. The second-order valence-electron chi connectivity index (χ2n) is 7.02. The number of hydrogen-bond acceptors (Lipinski definition) is 8. The summed E-state index contributed by atoms with van der Waals surface area (Å²) < 4.78 is 4.98. The number of carbonyl (C=O) groups is 4. The molecular weight excluding hydrogens is 376 g/mol. The first kappa shape index (κ1) is 23.4. The van der Waals surface area contributed by atoms with E-state index in [2.05, 4.69) is 10.6 Å². The highest BCUT2D eigenvalue weighted by Crippen LogP contribution is 2.20. The number of cyclic esters (lactones) is 1. The van der Waals surface area contributed by atoms with Crippen molar-refractivity contribution in [3.8, 4) is 0 Å². The van der Waals surface area contributed by atoms with Gasteiger partial charge in [-0.05, 0) is 6.42 Å². The molecule has 0 spiro atoms. The average molecular weight is 404 g/mol. The molecule has 2 amide bonds. The molecule has 0 saturated carbocycles. The number of ether oxygens (including phenoxy) is 1. The lowest BCUT2D eigenvalue weighted by Gasteiger charge is -2.27. The fraction of sp³-hybridized carbons (Fsp3) is 0.765. The summed E-state index contributed by atoms with van der Waals surface area (Å²) in [6, 6.07) is 0. The van der Waals surface area contributed by atoms with Crippen LogP contribution in [0.15, 0.2) is 0 Å². The smallest absolute Gasteiger partial charge is 0.306 e. The molecule has 4 N–H and O–H groups in total. The summed E-state index contributed by atoms with van der Waals surface area (Å²) in [5.74, 6) is -0.801. The lowest BCUT2D eigenvalue weighted by atomic mass is 9.87. The highest BCUT2D eigenvalue weighted by molar-refractivity contribution is 8.13. The van der Waals surface area contributed by atoms with E-state index in [9.17, 15) is 24.3 Å². The summed E-state index contributed by atoms with van der Waals surface area (Å²) in [6.45, 7) is 3.12. The van der Waals surface area contributed by atoms with Crippen LogP contribution in [0.1, 0.15) is 39.5 Å².